The number of hydrogen-bond acceptors (Lipinski definition) is 5. The minimum atomic E-state index is -0.705. The molecule has 1 aromatic heterocycles. The van der Waals surface area contributed by atoms with Crippen LogP contribution in [0.5, 0.6) is 0 Å². The molecule has 0 spiro atoms. The van der Waals surface area contributed by atoms with Gasteiger partial charge in [-0.15, -0.1) is 10.2 Å². The average molecular weight is 437 g/mol. The highest BCUT2D eigenvalue weighted by Gasteiger charge is 2.25. The molecule has 162 valence electrons. The van der Waals surface area contributed by atoms with Gasteiger partial charge < -0.3 is 5.32 Å². The first-order valence-electron chi connectivity index (χ1n) is 10.2. The molecule has 0 saturated carbocycles. The highest BCUT2D eigenvalue weighted by molar-refractivity contribution is 7.18. The quantitative estimate of drug-likeness (QED) is 0.566. The largest absolute Gasteiger partial charge is 0.344 e. The normalized spacial score (nSPS) is 12.3. The van der Waals surface area contributed by atoms with Crippen LogP contribution in [-0.4, -0.2) is 28.1 Å². The Morgan fingerprint density at radius 1 is 1.03 bits per heavy atom. The van der Waals surface area contributed by atoms with E-state index in [1.54, 1.807) is 0 Å². The molecular weight excluding hydrogens is 408 g/mol. The standard InChI is InChI=1S/C24H28N4O2S/c1-16-9-8-12-18(13-16)22-27-28-23(31-22)26-21(30)19(14-17-10-6-5-7-11-17)25-20(29)15-24(2,3)4/h5-13,19H,14-15H2,1-4H3,(H,25,29)(H,26,28,30). The lowest BCUT2D eigenvalue weighted by Gasteiger charge is -2.22. The Morgan fingerprint density at radius 3 is 2.45 bits per heavy atom. The van der Waals surface area contributed by atoms with Crippen LogP contribution < -0.4 is 10.6 Å². The molecule has 2 N–H and O–H groups in total. The number of amides is 2. The van der Waals surface area contributed by atoms with Gasteiger partial charge in [0.25, 0.3) is 0 Å². The van der Waals surface area contributed by atoms with Crippen LogP contribution in [0.2, 0.25) is 0 Å². The zero-order chi connectivity index (χ0) is 22.4. The zero-order valence-electron chi connectivity index (χ0n) is 18.3. The second-order valence-corrected chi connectivity index (χ2v) is 9.80. The summed E-state index contributed by atoms with van der Waals surface area (Å²) in [5.41, 5.74) is 2.89. The summed E-state index contributed by atoms with van der Waals surface area (Å²) in [7, 11) is 0. The molecule has 6 nitrogen and oxygen atoms in total. The van der Waals surface area contributed by atoms with Crippen LogP contribution in [0.1, 0.15) is 38.3 Å². The van der Waals surface area contributed by atoms with Gasteiger partial charge in [-0.3, -0.25) is 14.9 Å². The molecule has 1 heterocycles. The second-order valence-electron chi connectivity index (χ2n) is 8.82. The van der Waals surface area contributed by atoms with Gasteiger partial charge in [-0.2, -0.15) is 0 Å². The lowest BCUT2D eigenvalue weighted by atomic mass is 9.91. The lowest BCUT2D eigenvalue weighted by Crippen LogP contribution is -2.46. The van der Waals surface area contributed by atoms with Crippen LogP contribution in [0.25, 0.3) is 10.6 Å². The molecule has 0 bridgehead atoms. The summed E-state index contributed by atoms with van der Waals surface area (Å²) in [6, 6.07) is 16.9. The third-order valence-corrected chi connectivity index (χ3v) is 5.43. The number of carbonyl (C=O) groups excluding carboxylic acids is 2. The van der Waals surface area contributed by atoms with Gasteiger partial charge in [0.15, 0.2) is 0 Å². The molecule has 3 aromatic rings. The van der Waals surface area contributed by atoms with Crippen molar-refractivity contribution >= 4 is 28.3 Å². The van der Waals surface area contributed by atoms with Crippen LogP contribution >= 0.6 is 11.3 Å². The van der Waals surface area contributed by atoms with E-state index in [4.69, 9.17) is 0 Å². The Hall–Kier alpha value is -3.06. The fraction of sp³-hybridized carbons (Fsp3) is 0.333. The van der Waals surface area contributed by atoms with E-state index < -0.39 is 6.04 Å². The van der Waals surface area contributed by atoms with E-state index in [0.717, 1.165) is 21.7 Å². The summed E-state index contributed by atoms with van der Waals surface area (Å²) in [4.78, 5) is 25.6. The monoisotopic (exact) mass is 436 g/mol. The number of anilines is 1. The van der Waals surface area contributed by atoms with E-state index in [1.807, 2.05) is 82.3 Å². The summed E-state index contributed by atoms with van der Waals surface area (Å²) in [6.07, 6.45) is 0.730. The van der Waals surface area contributed by atoms with Crippen molar-refractivity contribution in [3.63, 3.8) is 0 Å². The SMILES string of the molecule is Cc1cccc(-c2nnc(NC(=O)C(Cc3ccccc3)NC(=O)CC(C)(C)C)s2)c1. The van der Waals surface area contributed by atoms with Crippen LogP contribution in [0.15, 0.2) is 54.6 Å². The Morgan fingerprint density at radius 2 is 1.77 bits per heavy atom. The highest BCUT2D eigenvalue weighted by Crippen LogP contribution is 2.27. The Balaban J connectivity index is 1.74. The molecule has 2 aromatic carbocycles. The number of benzene rings is 2. The van der Waals surface area contributed by atoms with E-state index in [0.29, 0.717) is 18.0 Å². The Bertz CT molecular complexity index is 1040. The van der Waals surface area contributed by atoms with E-state index in [1.165, 1.54) is 11.3 Å². The molecular formula is C24H28N4O2S. The number of hydrogen-bond donors (Lipinski definition) is 2. The van der Waals surface area contributed by atoms with Gasteiger partial charge in [-0.1, -0.05) is 86.2 Å². The van der Waals surface area contributed by atoms with Crippen molar-refractivity contribution in [3.8, 4) is 10.6 Å². The number of nitrogens with zero attached hydrogens (tertiary/aromatic N) is 2. The first-order chi connectivity index (χ1) is 14.7. The fourth-order valence-electron chi connectivity index (χ4n) is 3.15. The van der Waals surface area contributed by atoms with Crippen molar-refractivity contribution in [2.24, 2.45) is 5.41 Å². The molecule has 3 rings (SSSR count). The molecule has 1 unspecified atom stereocenters. The third kappa shape index (κ3) is 7.00. The average Bonchev–Trinajstić information content (AvgIpc) is 3.15. The number of aryl methyl sites for hydroxylation is 1. The minimum Gasteiger partial charge on any atom is -0.344 e. The van der Waals surface area contributed by atoms with Gasteiger partial charge in [0.1, 0.15) is 11.0 Å². The van der Waals surface area contributed by atoms with E-state index in [9.17, 15) is 9.59 Å². The molecule has 7 heteroatoms. The fourth-order valence-corrected chi connectivity index (χ4v) is 3.89. The van der Waals surface area contributed by atoms with Gasteiger partial charge in [0.2, 0.25) is 16.9 Å². The first-order valence-corrected chi connectivity index (χ1v) is 11.1. The van der Waals surface area contributed by atoms with Crippen LogP contribution in [-0.2, 0) is 16.0 Å². The number of nitrogens with one attached hydrogen (secondary N) is 2. The van der Waals surface area contributed by atoms with Crippen molar-refractivity contribution in [1.82, 2.24) is 15.5 Å². The van der Waals surface area contributed by atoms with Gasteiger partial charge in [-0.05, 0) is 24.0 Å². The lowest BCUT2D eigenvalue weighted by molar-refractivity contribution is -0.127. The molecule has 0 fully saturated rings. The smallest absolute Gasteiger partial charge is 0.249 e. The second kappa shape index (κ2) is 9.83. The van der Waals surface area contributed by atoms with Crippen LogP contribution in [0.3, 0.4) is 0 Å². The number of aromatic nitrogens is 2. The maximum Gasteiger partial charge on any atom is 0.249 e. The molecule has 1 atom stereocenters. The van der Waals surface area contributed by atoms with Gasteiger partial charge in [0.05, 0.1) is 0 Å². The molecule has 0 aliphatic heterocycles. The van der Waals surface area contributed by atoms with E-state index in [2.05, 4.69) is 20.8 Å². The Labute approximate surface area is 187 Å². The summed E-state index contributed by atoms with van der Waals surface area (Å²) >= 11 is 1.31. The third-order valence-electron chi connectivity index (χ3n) is 4.55. The topological polar surface area (TPSA) is 84.0 Å². The summed E-state index contributed by atoms with van der Waals surface area (Å²) < 4.78 is 0. The maximum atomic E-state index is 13.0. The molecule has 2 amide bonds. The summed E-state index contributed by atoms with van der Waals surface area (Å²) in [5.74, 6) is -0.459. The summed E-state index contributed by atoms with van der Waals surface area (Å²) in [6.45, 7) is 7.99. The van der Waals surface area contributed by atoms with E-state index in [-0.39, 0.29) is 17.2 Å². The molecule has 0 aliphatic rings. The van der Waals surface area contributed by atoms with E-state index >= 15 is 0 Å². The van der Waals surface area contributed by atoms with Crippen molar-refractivity contribution in [1.29, 1.82) is 0 Å². The van der Waals surface area contributed by atoms with Gasteiger partial charge in [-0.25, -0.2) is 0 Å². The molecule has 0 aliphatic carbocycles. The van der Waals surface area contributed by atoms with Crippen molar-refractivity contribution in [2.75, 3.05) is 5.32 Å². The molecule has 0 saturated heterocycles. The predicted octanol–water partition coefficient (Wildman–Crippen LogP) is 4.62. The molecule has 0 radical (unpaired) electrons. The summed E-state index contributed by atoms with van der Waals surface area (Å²) in [5, 5.41) is 15.2. The molecule has 31 heavy (non-hydrogen) atoms. The van der Waals surface area contributed by atoms with Crippen LogP contribution in [0.4, 0.5) is 5.13 Å². The number of carbonyl (C=O) groups is 2. The van der Waals surface area contributed by atoms with Crippen molar-refractivity contribution in [2.45, 2.75) is 46.6 Å². The number of rotatable bonds is 7. The Kier molecular flexibility index (Phi) is 7.17. The first kappa shape index (κ1) is 22.6. The minimum absolute atomic E-state index is 0.152. The van der Waals surface area contributed by atoms with Gasteiger partial charge >= 0.3 is 0 Å². The van der Waals surface area contributed by atoms with Gasteiger partial charge in [0, 0.05) is 18.4 Å². The van der Waals surface area contributed by atoms with Crippen molar-refractivity contribution < 1.29 is 9.59 Å². The highest BCUT2D eigenvalue weighted by atomic mass is 32.1. The van der Waals surface area contributed by atoms with Crippen LogP contribution in [0, 0.1) is 12.3 Å². The zero-order valence-corrected chi connectivity index (χ0v) is 19.1. The maximum absolute atomic E-state index is 13.0. The van der Waals surface area contributed by atoms with Crippen molar-refractivity contribution in [3.05, 3.63) is 65.7 Å². The predicted molar refractivity (Wildman–Crippen MR) is 125 cm³/mol.